The van der Waals surface area contributed by atoms with Gasteiger partial charge in [-0.05, 0) is 51.2 Å². The maximum absolute atomic E-state index is 14.1. The van der Waals surface area contributed by atoms with E-state index in [2.05, 4.69) is 4.98 Å². The lowest BCUT2D eigenvalue weighted by molar-refractivity contribution is -0.208. The number of hydrogen-bond donors (Lipinski definition) is 1. The van der Waals surface area contributed by atoms with Crippen LogP contribution in [0.2, 0.25) is 0 Å². The monoisotopic (exact) mass is 651 g/mol. The third kappa shape index (κ3) is 6.45. The molecule has 1 N–H and O–H groups in total. The van der Waals surface area contributed by atoms with Crippen molar-refractivity contribution in [1.82, 2.24) is 14.8 Å². The summed E-state index contributed by atoms with van der Waals surface area (Å²) in [5, 5.41) is 8.64. The van der Waals surface area contributed by atoms with Crippen LogP contribution in [-0.4, -0.2) is 79.6 Å². The van der Waals surface area contributed by atoms with Gasteiger partial charge in [0.05, 0.1) is 24.4 Å². The van der Waals surface area contributed by atoms with Gasteiger partial charge in [-0.25, -0.2) is 24.3 Å². The third-order valence-electron chi connectivity index (χ3n) is 8.22. The Bertz CT molecular complexity index is 1480. The minimum atomic E-state index is -5.12. The van der Waals surface area contributed by atoms with Crippen LogP contribution in [0.25, 0.3) is 0 Å². The average molecular weight is 652 g/mol. The molecule has 1 aromatic carbocycles. The maximum atomic E-state index is 14.1. The normalized spacial score (nSPS) is 24.9. The van der Waals surface area contributed by atoms with Crippen molar-refractivity contribution in [1.29, 1.82) is 0 Å². The van der Waals surface area contributed by atoms with Gasteiger partial charge in [0.25, 0.3) is 5.91 Å². The summed E-state index contributed by atoms with van der Waals surface area (Å²) in [5.41, 5.74) is -0.450. The Balaban J connectivity index is 1.47. The van der Waals surface area contributed by atoms with Gasteiger partial charge in [-0.3, -0.25) is 4.79 Å². The molecule has 3 aliphatic rings. The highest BCUT2D eigenvalue weighted by atomic mass is 32.2. The van der Waals surface area contributed by atoms with E-state index in [-0.39, 0.29) is 25.0 Å². The van der Waals surface area contributed by atoms with Gasteiger partial charge in [0.15, 0.2) is 0 Å². The standard InChI is InChI=1S/C30H32F3N3O8S/c1-16-21-24(37)36(29(2,3)26(38)39)28(41)35(25(21)45-22(16)23-34-12-13-42-23)15-20(17-8-5-4-6-9-17)43-18-10-7-11-19(14-18)44-27(40)30(31,32)33/h4-6,8-9,12-13,18-20,22,25H,7,10-11,14-15H2,1-3H3,(H,38,39)/t18?,19?,20-,22?,25?/m0/s1. The van der Waals surface area contributed by atoms with Crippen LogP contribution in [0.5, 0.6) is 0 Å². The largest absolute Gasteiger partial charge is 0.490 e. The zero-order chi connectivity index (χ0) is 32.7. The molecular formula is C30H32F3N3O8S. The Morgan fingerprint density at radius 1 is 1.16 bits per heavy atom. The van der Waals surface area contributed by atoms with Crippen molar-refractivity contribution >= 4 is 35.6 Å². The Morgan fingerprint density at radius 2 is 1.84 bits per heavy atom. The van der Waals surface area contributed by atoms with Gasteiger partial charge < -0.3 is 23.9 Å². The van der Waals surface area contributed by atoms with Crippen LogP contribution in [0.4, 0.5) is 18.0 Å². The molecule has 0 bridgehead atoms. The van der Waals surface area contributed by atoms with E-state index < -0.39 is 64.5 Å². The fourth-order valence-corrected chi connectivity index (χ4v) is 7.37. The molecular weight excluding hydrogens is 619 g/mol. The number of aromatic nitrogens is 1. The molecule has 45 heavy (non-hydrogen) atoms. The number of benzene rings is 1. The molecule has 5 rings (SSSR count). The van der Waals surface area contributed by atoms with Crippen LogP contribution in [-0.2, 0) is 23.9 Å². The number of halogens is 3. The number of oxazole rings is 1. The van der Waals surface area contributed by atoms with Gasteiger partial charge >= 0.3 is 24.1 Å². The van der Waals surface area contributed by atoms with Crippen molar-refractivity contribution in [3.63, 3.8) is 0 Å². The number of hydrogen-bond acceptors (Lipinski definition) is 9. The van der Waals surface area contributed by atoms with E-state index >= 15 is 0 Å². The molecule has 0 spiro atoms. The van der Waals surface area contributed by atoms with Crippen molar-refractivity contribution < 1.29 is 51.3 Å². The quantitative estimate of drug-likeness (QED) is 0.350. The van der Waals surface area contributed by atoms with Gasteiger partial charge in [-0.15, -0.1) is 11.8 Å². The minimum absolute atomic E-state index is 0.0183. The number of aliphatic carboxylic acids is 1. The zero-order valence-corrected chi connectivity index (χ0v) is 25.5. The van der Waals surface area contributed by atoms with Crippen molar-refractivity contribution in [2.24, 2.45) is 0 Å². The van der Waals surface area contributed by atoms with E-state index in [1.165, 1.54) is 43.0 Å². The zero-order valence-electron chi connectivity index (χ0n) is 24.7. The summed E-state index contributed by atoms with van der Waals surface area (Å²) >= 11 is 1.25. The Hall–Kier alpha value is -3.85. The van der Waals surface area contributed by atoms with Crippen LogP contribution in [0.3, 0.4) is 0 Å². The number of thioether (sulfide) groups is 1. The third-order valence-corrected chi connectivity index (χ3v) is 9.79. The molecule has 2 aromatic rings. The van der Waals surface area contributed by atoms with E-state index in [0.29, 0.717) is 29.9 Å². The molecule has 4 unspecified atom stereocenters. The number of ether oxygens (including phenoxy) is 2. The number of rotatable bonds is 9. The Labute approximate surface area is 260 Å². The molecule has 5 atom stereocenters. The summed E-state index contributed by atoms with van der Waals surface area (Å²) < 4.78 is 55.2. The lowest BCUT2D eigenvalue weighted by atomic mass is 9.94. The number of carbonyl (C=O) groups excluding carboxylic acids is 3. The van der Waals surface area contributed by atoms with Crippen molar-refractivity contribution in [2.75, 3.05) is 6.54 Å². The molecule has 2 fully saturated rings. The van der Waals surface area contributed by atoms with Crippen molar-refractivity contribution in [2.45, 2.75) is 87.1 Å². The lowest BCUT2D eigenvalue weighted by Gasteiger charge is -2.45. The number of alkyl halides is 3. The number of nitrogens with zero attached hydrogens (tertiary/aromatic N) is 3. The summed E-state index contributed by atoms with van der Waals surface area (Å²) in [6, 6.07) is 8.02. The van der Waals surface area contributed by atoms with Crippen molar-refractivity contribution in [3.05, 3.63) is 65.4 Å². The first kappa shape index (κ1) is 32.5. The second-order valence-electron chi connectivity index (χ2n) is 11.6. The van der Waals surface area contributed by atoms with Crippen LogP contribution < -0.4 is 0 Å². The number of urea groups is 1. The van der Waals surface area contributed by atoms with Crippen LogP contribution in [0, 0.1) is 0 Å². The molecule has 1 saturated heterocycles. The molecule has 242 valence electrons. The number of carboxylic acids is 1. The molecule has 1 aromatic heterocycles. The predicted octanol–water partition coefficient (Wildman–Crippen LogP) is 5.41. The number of carbonyl (C=O) groups is 4. The number of carboxylic acid groups (broad SMARTS) is 1. The highest BCUT2D eigenvalue weighted by Gasteiger charge is 2.56. The minimum Gasteiger partial charge on any atom is -0.480 e. The molecule has 1 saturated carbocycles. The highest BCUT2D eigenvalue weighted by molar-refractivity contribution is 8.00. The fourth-order valence-electron chi connectivity index (χ4n) is 5.80. The Kier molecular flexibility index (Phi) is 9.04. The summed E-state index contributed by atoms with van der Waals surface area (Å²) in [6.07, 6.45) is -3.52. The fraction of sp³-hybridized carbons (Fsp3) is 0.500. The molecule has 15 heteroatoms. The van der Waals surface area contributed by atoms with E-state index in [4.69, 9.17) is 13.9 Å². The number of amides is 3. The van der Waals surface area contributed by atoms with E-state index in [0.717, 1.165) is 4.90 Å². The van der Waals surface area contributed by atoms with E-state index in [9.17, 15) is 37.5 Å². The highest BCUT2D eigenvalue weighted by Crippen LogP contribution is 2.52. The van der Waals surface area contributed by atoms with Crippen molar-refractivity contribution in [3.8, 4) is 0 Å². The van der Waals surface area contributed by atoms with Crippen LogP contribution in [0.1, 0.15) is 69.3 Å². The predicted molar refractivity (Wildman–Crippen MR) is 152 cm³/mol. The Morgan fingerprint density at radius 3 is 2.47 bits per heavy atom. The second-order valence-corrected chi connectivity index (χ2v) is 12.8. The van der Waals surface area contributed by atoms with Gasteiger partial charge in [0.1, 0.15) is 34.6 Å². The summed E-state index contributed by atoms with van der Waals surface area (Å²) in [6.45, 7) is 4.12. The van der Waals surface area contributed by atoms with E-state index in [1.54, 1.807) is 37.3 Å². The van der Waals surface area contributed by atoms with Gasteiger partial charge in [-0.1, -0.05) is 30.3 Å². The number of fused-ring (bicyclic) bond motifs is 1. The van der Waals surface area contributed by atoms with Gasteiger partial charge in [-0.2, -0.15) is 13.2 Å². The average Bonchev–Trinajstić information content (AvgIpc) is 3.63. The smallest absolute Gasteiger partial charge is 0.480 e. The molecule has 11 nitrogen and oxygen atoms in total. The number of imide groups is 1. The summed E-state index contributed by atoms with van der Waals surface area (Å²) in [7, 11) is 0. The van der Waals surface area contributed by atoms with Gasteiger partial charge in [0, 0.05) is 6.42 Å². The topological polar surface area (TPSA) is 139 Å². The van der Waals surface area contributed by atoms with Gasteiger partial charge in [0.2, 0.25) is 5.89 Å². The first-order valence-electron chi connectivity index (χ1n) is 14.3. The van der Waals surface area contributed by atoms with E-state index in [1.807, 2.05) is 0 Å². The summed E-state index contributed by atoms with van der Waals surface area (Å²) in [5.74, 6) is -4.05. The molecule has 3 amide bonds. The van der Waals surface area contributed by atoms with Crippen LogP contribution >= 0.6 is 11.8 Å². The maximum Gasteiger partial charge on any atom is 0.490 e. The second kappa shape index (κ2) is 12.5. The number of esters is 1. The molecule has 2 aliphatic heterocycles. The molecule has 1 aliphatic carbocycles. The first-order valence-corrected chi connectivity index (χ1v) is 15.3. The molecule has 0 radical (unpaired) electrons. The SMILES string of the molecule is CC1=C2C(=O)N(C(C)(C)C(=O)O)C(=O)N(C[C@H](OC3CCCC(OC(=O)C(F)(F)F)C3)c3ccccc3)C2SC1c1ncco1. The first-order chi connectivity index (χ1) is 21.2. The molecule has 3 heterocycles. The summed E-state index contributed by atoms with van der Waals surface area (Å²) in [4.78, 5) is 58.1. The van der Waals surface area contributed by atoms with Crippen LogP contribution in [0.15, 0.2) is 58.4 Å². The lowest BCUT2D eigenvalue weighted by Crippen LogP contribution is -2.65.